The van der Waals surface area contributed by atoms with E-state index >= 15 is 0 Å². The van der Waals surface area contributed by atoms with Crippen molar-refractivity contribution in [2.45, 2.75) is 26.4 Å². The van der Waals surface area contributed by atoms with E-state index in [4.69, 9.17) is 0 Å². The van der Waals surface area contributed by atoms with Gasteiger partial charge in [0.25, 0.3) is 0 Å². The van der Waals surface area contributed by atoms with Crippen LogP contribution in [0.3, 0.4) is 0 Å². The van der Waals surface area contributed by atoms with Crippen LogP contribution < -0.4 is 10.6 Å². The lowest BCUT2D eigenvalue weighted by molar-refractivity contribution is 0.866. The maximum atomic E-state index is 4.49. The summed E-state index contributed by atoms with van der Waals surface area (Å²) in [6.45, 7) is 4.78. The third-order valence-corrected chi connectivity index (χ3v) is 3.82. The number of hydrogen-bond donors (Lipinski definition) is 2. The normalized spacial score (nSPS) is 11.8. The van der Waals surface area contributed by atoms with Gasteiger partial charge in [0.15, 0.2) is 0 Å². The number of benzene rings is 2. The molecule has 1 unspecified atom stereocenters. The molecule has 0 fully saturated rings. The van der Waals surface area contributed by atoms with Crippen LogP contribution in [0.25, 0.3) is 0 Å². The van der Waals surface area contributed by atoms with Crippen LogP contribution in [0.15, 0.2) is 66.7 Å². The molecule has 1 aromatic heterocycles. The smallest absolute Gasteiger partial charge is 0.132 e. The van der Waals surface area contributed by atoms with Gasteiger partial charge in [-0.05, 0) is 25.0 Å². The van der Waals surface area contributed by atoms with Crippen molar-refractivity contribution in [1.82, 2.24) is 9.97 Å². The molecule has 0 aliphatic heterocycles. The van der Waals surface area contributed by atoms with E-state index in [9.17, 15) is 0 Å². The van der Waals surface area contributed by atoms with Gasteiger partial charge in [0.2, 0.25) is 0 Å². The Kier molecular flexibility index (Phi) is 5.06. The molecule has 0 spiro atoms. The van der Waals surface area contributed by atoms with E-state index < -0.39 is 0 Å². The molecule has 2 aromatic carbocycles. The number of anilines is 2. The lowest BCUT2D eigenvalue weighted by atomic mass is 10.1. The molecule has 0 aliphatic rings. The molecule has 0 bridgehead atoms. The Labute approximate surface area is 143 Å². The maximum absolute atomic E-state index is 4.49. The van der Waals surface area contributed by atoms with Crippen molar-refractivity contribution in [3.63, 3.8) is 0 Å². The molecule has 4 nitrogen and oxygen atoms in total. The lowest BCUT2D eigenvalue weighted by Gasteiger charge is -2.16. The minimum absolute atomic E-state index is 0.183. The summed E-state index contributed by atoms with van der Waals surface area (Å²) in [7, 11) is 0. The number of rotatable bonds is 6. The zero-order valence-electron chi connectivity index (χ0n) is 14.0. The second-order valence-electron chi connectivity index (χ2n) is 5.80. The van der Waals surface area contributed by atoms with Crippen LogP contribution in [-0.2, 0) is 6.54 Å². The van der Waals surface area contributed by atoms with E-state index in [1.807, 2.05) is 49.4 Å². The van der Waals surface area contributed by atoms with Crippen molar-refractivity contribution in [2.75, 3.05) is 10.6 Å². The molecule has 0 radical (unpaired) electrons. The molecular formula is C20H22N4. The Balaban J connectivity index is 1.69. The zero-order valence-corrected chi connectivity index (χ0v) is 14.0. The molecule has 0 saturated carbocycles. The van der Waals surface area contributed by atoms with Crippen molar-refractivity contribution < 1.29 is 0 Å². The number of nitrogens with one attached hydrogen (secondary N) is 2. The van der Waals surface area contributed by atoms with E-state index in [2.05, 4.69) is 51.8 Å². The minimum Gasteiger partial charge on any atom is -0.366 e. The maximum Gasteiger partial charge on any atom is 0.132 e. The second-order valence-corrected chi connectivity index (χ2v) is 5.80. The fourth-order valence-electron chi connectivity index (χ4n) is 2.57. The summed E-state index contributed by atoms with van der Waals surface area (Å²) < 4.78 is 0. The highest BCUT2D eigenvalue weighted by Crippen LogP contribution is 2.19. The Hall–Kier alpha value is -2.88. The molecule has 24 heavy (non-hydrogen) atoms. The zero-order chi connectivity index (χ0) is 16.8. The van der Waals surface area contributed by atoms with Gasteiger partial charge < -0.3 is 10.6 Å². The summed E-state index contributed by atoms with van der Waals surface area (Å²) in [5.41, 5.74) is 2.45. The molecule has 2 N–H and O–H groups in total. The number of aryl methyl sites for hydroxylation is 1. The Bertz CT molecular complexity index is 772. The average molecular weight is 318 g/mol. The standard InChI is InChI=1S/C20H22N4/c1-15(18-11-7-4-8-12-18)22-20-13-19(23-16(2)24-20)21-14-17-9-5-3-6-10-17/h3-13,15H,14H2,1-2H3,(H2,21,22,23,24). The predicted octanol–water partition coefficient (Wildman–Crippen LogP) is 4.57. The first-order chi connectivity index (χ1) is 11.7. The molecule has 1 heterocycles. The summed E-state index contributed by atoms with van der Waals surface area (Å²) in [5.74, 6) is 2.40. The van der Waals surface area contributed by atoms with Crippen LogP contribution in [0.5, 0.6) is 0 Å². The van der Waals surface area contributed by atoms with Crippen LogP contribution >= 0.6 is 0 Å². The summed E-state index contributed by atoms with van der Waals surface area (Å²) in [6.07, 6.45) is 0. The first-order valence-electron chi connectivity index (χ1n) is 8.15. The van der Waals surface area contributed by atoms with E-state index in [0.29, 0.717) is 0 Å². The third kappa shape index (κ3) is 4.32. The fraction of sp³-hybridized carbons (Fsp3) is 0.200. The van der Waals surface area contributed by atoms with Gasteiger partial charge in [0.1, 0.15) is 17.5 Å². The predicted molar refractivity (Wildman–Crippen MR) is 99.0 cm³/mol. The van der Waals surface area contributed by atoms with Gasteiger partial charge in [0, 0.05) is 18.7 Å². The quantitative estimate of drug-likeness (QED) is 0.699. The van der Waals surface area contributed by atoms with E-state index in [1.165, 1.54) is 11.1 Å². The molecule has 0 amide bonds. The monoisotopic (exact) mass is 318 g/mol. The largest absolute Gasteiger partial charge is 0.366 e. The number of hydrogen-bond acceptors (Lipinski definition) is 4. The second kappa shape index (κ2) is 7.59. The Morgan fingerprint density at radius 2 is 1.50 bits per heavy atom. The SMILES string of the molecule is Cc1nc(NCc2ccccc2)cc(NC(C)c2ccccc2)n1. The van der Waals surface area contributed by atoms with Crippen LogP contribution in [0.1, 0.15) is 29.9 Å². The van der Waals surface area contributed by atoms with Crippen LogP contribution in [0, 0.1) is 6.92 Å². The van der Waals surface area contributed by atoms with Crippen LogP contribution in [0.4, 0.5) is 11.6 Å². The summed E-state index contributed by atoms with van der Waals surface area (Å²) in [5, 5.41) is 6.81. The third-order valence-electron chi connectivity index (χ3n) is 3.82. The Morgan fingerprint density at radius 1 is 0.875 bits per heavy atom. The van der Waals surface area contributed by atoms with Gasteiger partial charge in [-0.2, -0.15) is 0 Å². The van der Waals surface area contributed by atoms with Gasteiger partial charge in [-0.1, -0.05) is 60.7 Å². The number of nitrogens with zero attached hydrogens (tertiary/aromatic N) is 2. The highest BCUT2D eigenvalue weighted by molar-refractivity contribution is 5.49. The molecule has 0 aliphatic carbocycles. The van der Waals surface area contributed by atoms with Crippen LogP contribution in [-0.4, -0.2) is 9.97 Å². The molecule has 3 rings (SSSR count). The van der Waals surface area contributed by atoms with Gasteiger partial charge in [-0.15, -0.1) is 0 Å². The molecule has 3 aromatic rings. The summed E-state index contributed by atoms with van der Waals surface area (Å²) in [4.78, 5) is 8.96. The average Bonchev–Trinajstić information content (AvgIpc) is 2.61. The van der Waals surface area contributed by atoms with Gasteiger partial charge >= 0.3 is 0 Å². The van der Waals surface area contributed by atoms with Crippen LogP contribution in [0.2, 0.25) is 0 Å². The van der Waals surface area contributed by atoms with Crippen molar-refractivity contribution in [3.05, 3.63) is 83.7 Å². The summed E-state index contributed by atoms with van der Waals surface area (Å²) in [6, 6.07) is 22.8. The van der Waals surface area contributed by atoms with E-state index in [-0.39, 0.29) is 6.04 Å². The van der Waals surface area contributed by atoms with Gasteiger partial charge in [0.05, 0.1) is 0 Å². The first-order valence-corrected chi connectivity index (χ1v) is 8.15. The highest BCUT2D eigenvalue weighted by atomic mass is 15.1. The molecular weight excluding hydrogens is 296 g/mol. The van der Waals surface area contributed by atoms with Gasteiger partial charge in [-0.3, -0.25) is 0 Å². The number of aromatic nitrogens is 2. The fourth-order valence-corrected chi connectivity index (χ4v) is 2.57. The topological polar surface area (TPSA) is 49.8 Å². The summed E-state index contributed by atoms with van der Waals surface area (Å²) >= 11 is 0. The van der Waals surface area contributed by atoms with Crippen molar-refractivity contribution >= 4 is 11.6 Å². The lowest BCUT2D eigenvalue weighted by Crippen LogP contribution is -2.10. The highest BCUT2D eigenvalue weighted by Gasteiger charge is 2.07. The molecule has 122 valence electrons. The van der Waals surface area contributed by atoms with Gasteiger partial charge in [-0.25, -0.2) is 9.97 Å². The molecule has 1 atom stereocenters. The van der Waals surface area contributed by atoms with E-state index in [0.717, 1.165) is 24.0 Å². The van der Waals surface area contributed by atoms with Crippen molar-refractivity contribution in [3.8, 4) is 0 Å². The minimum atomic E-state index is 0.183. The Morgan fingerprint density at radius 3 is 2.21 bits per heavy atom. The molecule has 4 heteroatoms. The van der Waals surface area contributed by atoms with Crippen molar-refractivity contribution in [1.29, 1.82) is 0 Å². The molecule has 0 saturated heterocycles. The van der Waals surface area contributed by atoms with E-state index in [1.54, 1.807) is 0 Å². The first kappa shape index (κ1) is 16.0. The van der Waals surface area contributed by atoms with Crippen molar-refractivity contribution in [2.24, 2.45) is 0 Å².